The third-order valence-corrected chi connectivity index (χ3v) is 2.80. The van der Waals surface area contributed by atoms with Gasteiger partial charge in [-0.25, -0.2) is 0 Å². The standard InChI is InChI=1S/C12H20O/c1-10(13)7-8-11-6-4-5-9-12(11,2)3/h4,6-8,10-11,13H,5,9H2,1-3H3/b8-7+/t10?,11-/m1/s1. The van der Waals surface area contributed by atoms with Crippen LogP contribution in [0.5, 0.6) is 0 Å². The van der Waals surface area contributed by atoms with Crippen LogP contribution in [0.25, 0.3) is 0 Å². The third-order valence-electron chi connectivity index (χ3n) is 2.80. The lowest BCUT2D eigenvalue weighted by molar-refractivity contribution is 0.237. The van der Waals surface area contributed by atoms with Crippen LogP contribution >= 0.6 is 0 Å². The van der Waals surface area contributed by atoms with Crippen LogP contribution < -0.4 is 0 Å². The Labute approximate surface area is 81.2 Å². The molecule has 0 aromatic heterocycles. The Morgan fingerprint density at radius 1 is 1.54 bits per heavy atom. The van der Waals surface area contributed by atoms with Gasteiger partial charge in [0.05, 0.1) is 6.10 Å². The molecule has 2 atom stereocenters. The Balaban J connectivity index is 2.66. The summed E-state index contributed by atoms with van der Waals surface area (Å²) in [6, 6.07) is 0. The van der Waals surface area contributed by atoms with Gasteiger partial charge in [0.15, 0.2) is 0 Å². The van der Waals surface area contributed by atoms with E-state index in [1.54, 1.807) is 6.92 Å². The first-order valence-electron chi connectivity index (χ1n) is 5.05. The van der Waals surface area contributed by atoms with Crippen LogP contribution in [0, 0.1) is 11.3 Å². The van der Waals surface area contributed by atoms with Gasteiger partial charge in [0.25, 0.3) is 0 Å². The van der Waals surface area contributed by atoms with E-state index in [0.29, 0.717) is 11.3 Å². The smallest absolute Gasteiger partial charge is 0.0692 e. The highest BCUT2D eigenvalue weighted by Crippen LogP contribution is 2.37. The molecule has 0 spiro atoms. The number of hydrogen-bond donors (Lipinski definition) is 1. The van der Waals surface area contributed by atoms with E-state index in [-0.39, 0.29) is 6.10 Å². The minimum absolute atomic E-state index is 0.328. The molecule has 1 rings (SSSR count). The summed E-state index contributed by atoms with van der Waals surface area (Å²) in [6.07, 6.45) is 10.6. The van der Waals surface area contributed by atoms with Gasteiger partial charge in [-0.3, -0.25) is 0 Å². The summed E-state index contributed by atoms with van der Waals surface area (Å²) in [5.74, 6) is 0.482. The Morgan fingerprint density at radius 3 is 2.77 bits per heavy atom. The molecule has 0 fully saturated rings. The fraction of sp³-hybridized carbons (Fsp3) is 0.667. The van der Waals surface area contributed by atoms with E-state index in [4.69, 9.17) is 5.11 Å². The van der Waals surface area contributed by atoms with E-state index in [1.165, 1.54) is 12.8 Å². The van der Waals surface area contributed by atoms with E-state index >= 15 is 0 Å². The van der Waals surface area contributed by atoms with Gasteiger partial charge in [0.1, 0.15) is 0 Å². The predicted octanol–water partition coefficient (Wildman–Crippen LogP) is 2.92. The molecular weight excluding hydrogens is 160 g/mol. The second-order valence-corrected chi connectivity index (χ2v) is 4.61. The molecule has 1 aliphatic rings. The normalized spacial score (nSPS) is 29.4. The first-order valence-corrected chi connectivity index (χ1v) is 5.05. The Hall–Kier alpha value is -0.560. The highest BCUT2D eigenvalue weighted by molar-refractivity contribution is 5.10. The average Bonchev–Trinajstić information content (AvgIpc) is 2.01. The first-order chi connectivity index (χ1) is 6.02. The summed E-state index contributed by atoms with van der Waals surface area (Å²) < 4.78 is 0. The molecular formula is C12H20O. The zero-order chi connectivity index (χ0) is 9.90. The molecule has 0 heterocycles. The van der Waals surface area contributed by atoms with E-state index in [1.807, 2.05) is 6.08 Å². The van der Waals surface area contributed by atoms with Crippen molar-refractivity contribution in [1.29, 1.82) is 0 Å². The number of aliphatic hydroxyl groups excluding tert-OH is 1. The van der Waals surface area contributed by atoms with Crippen molar-refractivity contribution in [3.05, 3.63) is 24.3 Å². The van der Waals surface area contributed by atoms with Gasteiger partial charge in [0, 0.05) is 0 Å². The maximum absolute atomic E-state index is 9.14. The van der Waals surface area contributed by atoms with Crippen LogP contribution in [0.15, 0.2) is 24.3 Å². The van der Waals surface area contributed by atoms with Crippen molar-refractivity contribution in [1.82, 2.24) is 0 Å². The molecule has 1 aliphatic carbocycles. The molecule has 0 aliphatic heterocycles. The summed E-state index contributed by atoms with van der Waals surface area (Å²) in [7, 11) is 0. The van der Waals surface area contributed by atoms with Gasteiger partial charge in [0.2, 0.25) is 0 Å². The molecule has 0 amide bonds. The van der Waals surface area contributed by atoms with Gasteiger partial charge < -0.3 is 5.11 Å². The van der Waals surface area contributed by atoms with Crippen molar-refractivity contribution in [3.8, 4) is 0 Å². The van der Waals surface area contributed by atoms with Gasteiger partial charge in [-0.1, -0.05) is 38.2 Å². The van der Waals surface area contributed by atoms with Crippen molar-refractivity contribution in [2.75, 3.05) is 0 Å². The summed E-state index contributed by atoms with van der Waals surface area (Å²) in [5, 5.41) is 9.14. The lowest BCUT2D eigenvalue weighted by Crippen LogP contribution is -2.23. The fourth-order valence-corrected chi connectivity index (χ4v) is 1.73. The monoisotopic (exact) mass is 180 g/mol. The summed E-state index contributed by atoms with van der Waals surface area (Å²) >= 11 is 0. The van der Waals surface area contributed by atoms with Crippen molar-refractivity contribution >= 4 is 0 Å². The van der Waals surface area contributed by atoms with E-state index < -0.39 is 0 Å². The van der Waals surface area contributed by atoms with Crippen LogP contribution in [-0.4, -0.2) is 11.2 Å². The molecule has 0 aromatic carbocycles. The lowest BCUT2D eigenvalue weighted by atomic mass is 9.72. The molecule has 13 heavy (non-hydrogen) atoms. The summed E-state index contributed by atoms with van der Waals surface area (Å²) in [4.78, 5) is 0. The Kier molecular flexibility index (Phi) is 3.32. The molecule has 0 radical (unpaired) electrons. The molecule has 0 bridgehead atoms. The lowest BCUT2D eigenvalue weighted by Gasteiger charge is -2.33. The van der Waals surface area contributed by atoms with Crippen molar-refractivity contribution < 1.29 is 5.11 Å². The van der Waals surface area contributed by atoms with E-state index in [2.05, 4.69) is 32.1 Å². The molecule has 0 aromatic rings. The number of allylic oxidation sites excluding steroid dienone is 3. The summed E-state index contributed by atoms with van der Waals surface area (Å²) in [5.41, 5.74) is 0.347. The Bertz CT molecular complexity index is 211. The Morgan fingerprint density at radius 2 is 2.23 bits per heavy atom. The third kappa shape index (κ3) is 3.00. The largest absolute Gasteiger partial charge is 0.389 e. The average molecular weight is 180 g/mol. The van der Waals surface area contributed by atoms with Crippen LogP contribution in [0.2, 0.25) is 0 Å². The topological polar surface area (TPSA) is 20.2 Å². The first kappa shape index (κ1) is 10.5. The van der Waals surface area contributed by atoms with Gasteiger partial charge in [-0.15, -0.1) is 0 Å². The molecule has 0 saturated carbocycles. The molecule has 74 valence electrons. The zero-order valence-corrected chi connectivity index (χ0v) is 8.83. The van der Waals surface area contributed by atoms with Crippen LogP contribution in [0.4, 0.5) is 0 Å². The van der Waals surface area contributed by atoms with E-state index in [0.717, 1.165) is 0 Å². The quantitative estimate of drug-likeness (QED) is 0.648. The predicted molar refractivity (Wildman–Crippen MR) is 56.5 cm³/mol. The molecule has 1 N–H and O–H groups in total. The maximum Gasteiger partial charge on any atom is 0.0692 e. The number of rotatable bonds is 2. The van der Waals surface area contributed by atoms with Gasteiger partial charge in [-0.05, 0) is 31.1 Å². The second kappa shape index (κ2) is 4.10. The van der Waals surface area contributed by atoms with Crippen LogP contribution in [0.3, 0.4) is 0 Å². The van der Waals surface area contributed by atoms with Gasteiger partial charge >= 0.3 is 0 Å². The highest BCUT2D eigenvalue weighted by Gasteiger charge is 2.26. The fourth-order valence-electron chi connectivity index (χ4n) is 1.73. The van der Waals surface area contributed by atoms with E-state index in [9.17, 15) is 0 Å². The molecule has 1 unspecified atom stereocenters. The van der Waals surface area contributed by atoms with Crippen molar-refractivity contribution in [2.45, 2.75) is 39.7 Å². The van der Waals surface area contributed by atoms with Crippen LogP contribution in [0.1, 0.15) is 33.6 Å². The number of aliphatic hydroxyl groups is 1. The molecule has 1 heteroatoms. The van der Waals surface area contributed by atoms with Crippen molar-refractivity contribution in [3.63, 3.8) is 0 Å². The second-order valence-electron chi connectivity index (χ2n) is 4.61. The SMILES string of the molecule is CC(O)/C=C/[C@H]1C=CCCC1(C)C. The molecule has 0 saturated heterocycles. The minimum atomic E-state index is -0.328. The summed E-state index contributed by atoms with van der Waals surface area (Å²) in [6.45, 7) is 6.36. The minimum Gasteiger partial charge on any atom is -0.389 e. The van der Waals surface area contributed by atoms with Crippen LogP contribution in [-0.2, 0) is 0 Å². The zero-order valence-electron chi connectivity index (χ0n) is 8.83. The molecule has 1 nitrogen and oxygen atoms in total. The number of hydrogen-bond acceptors (Lipinski definition) is 1. The van der Waals surface area contributed by atoms with Gasteiger partial charge in [-0.2, -0.15) is 0 Å². The maximum atomic E-state index is 9.14. The van der Waals surface area contributed by atoms with Crippen molar-refractivity contribution in [2.24, 2.45) is 11.3 Å². The highest BCUT2D eigenvalue weighted by atomic mass is 16.3.